The summed E-state index contributed by atoms with van der Waals surface area (Å²) in [7, 11) is 1.51. The van der Waals surface area contributed by atoms with Gasteiger partial charge in [0.2, 0.25) is 0 Å². The van der Waals surface area contributed by atoms with Crippen LogP contribution in [0.4, 0.5) is 0 Å². The van der Waals surface area contributed by atoms with Gasteiger partial charge < -0.3 is 23.9 Å². The Morgan fingerprint density at radius 1 is 1.10 bits per heavy atom. The molecule has 226 valence electrons. The number of β-amino-alcohol motifs (C(OH)–C–C–N with tert-alkyl or cyclic N) is 1. The molecule has 3 aliphatic rings. The molecular weight excluding hydrogens is 536 g/mol. The van der Waals surface area contributed by atoms with E-state index in [2.05, 4.69) is 4.90 Å². The third kappa shape index (κ3) is 7.31. The number of hydrogen-bond donors (Lipinski definition) is 1. The van der Waals surface area contributed by atoms with Crippen molar-refractivity contribution in [2.24, 2.45) is 5.92 Å². The fourth-order valence-electron chi connectivity index (χ4n) is 6.53. The number of nitrogens with zero attached hydrogens (tertiary/aromatic N) is 2. The van der Waals surface area contributed by atoms with E-state index in [-0.39, 0.29) is 30.0 Å². The van der Waals surface area contributed by atoms with Crippen molar-refractivity contribution in [1.82, 2.24) is 9.47 Å². The maximum absolute atomic E-state index is 13.2. The van der Waals surface area contributed by atoms with Gasteiger partial charge in [-0.3, -0.25) is 14.5 Å². The molecular formula is C33H42N2O7. The fourth-order valence-corrected chi connectivity index (χ4v) is 6.53. The summed E-state index contributed by atoms with van der Waals surface area (Å²) < 4.78 is 19.2. The van der Waals surface area contributed by atoms with Gasteiger partial charge in [0.1, 0.15) is 35.6 Å². The van der Waals surface area contributed by atoms with Crippen molar-refractivity contribution in [2.75, 3.05) is 33.4 Å². The first-order chi connectivity index (χ1) is 20.3. The molecule has 4 atom stereocenters. The number of fused-ring (bicyclic) bond motifs is 5. The highest BCUT2D eigenvalue weighted by Crippen LogP contribution is 2.35. The topological polar surface area (TPSA) is 107 Å². The van der Waals surface area contributed by atoms with Crippen LogP contribution in [0.25, 0.3) is 6.08 Å². The molecule has 1 aromatic carbocycles. The Morgan fingerprint density at radius 2 is 1.93 bits per heavy atom. The lowest BCUT2D eigenvalue weighted by Crippen LogP contribution is -2.49. The minimum Gasteiger partial charge on any atom is -0.496 e. The van der Waals surface area contributed by atoms with Crippen LogP contribution in [0.2, 0.25) is 0 Å². The Morgan fingerprint density at radius 3 is 2.76 bits per heavy atom. The Balaban J connectivity index is 1.26. The summed E-state index contributed by atoms with van der Waals surface area (Å²) in [6, 6.07) is 8.92. The molecule has 9 nitrogen and oxygen atoms in total. The normalized spacial score (nSPS) is 24.1. The van der Waals surface area contributed by atoms with Crippen LogP contribution < -0.4 is 15.0 Å². The second kappa shape index (κ2) is 13.7. The number of hydrogen-bond acceptors (Lipinski definition) is 8. The van der Waals surface area contributed by atoms with Crippen molar-refractivity contribution >= 4 is 17.8 Å². The number of piperidine rings is 1. The standard InChI is InChI=1S/C33H42N2O7/c1-22-8-6-11-26(36)10-5-3-4-9-24-15-28(16-30(40-2)32(24)33(39)42-22)41-21-27(37)20-34-17-23-14-25(19-34)29-12-7-13-31(38)35(29)18-23/h4,7,9,12-13,15-16,22-23,25,27,37H,3,5-6,8,10-11,14,17-21H2,1-2H3/t22-,23-,25-,27+/m1/s1. The summed E-state index contributed by atoms with van der Waals surface area (Å²) in [5, 5.41) is 10.9. The molecule has 2 aromatic rings. The zero-order valence-electron chi connectivity index (χ0n) is 24.6. The van der Waals surface area contributed by atoms with Gasteiger partial charge >= 0.3 is 5.97 Å². The molecule has 3 aliphatic heterocycles. The molecule has 9 heteroatoms. The van der Waals surface area contributed by atoms with Crippen LogP contribution in [-0.4, -0.2) is 71.9 Å². The Kier molecular flexibility index (Phi) is 9.80. The quantitative estimate of drug-likeness (QED) is 0.509. The zero-order valence-corrected chi connectivity index (χ0v) is 24.6. The average molecular weight is 579 g/mol. The van der Waals surface area contributed by atoms with Gasteiger partial charge in [0.05, 0.1) is 13.2 Å². The van der Waals surface area contributed by atoms with Crippen molar-refractivity contribution in [3.63, 3.8) is 0 Å². The van der Waals surface area contributed by atoms with Gasteiger partial charge in [0.15, 0.2) is 0 Å². The van der Waals surface area contributed by atoms with Crippen LogP contribution in [0.3, 0.4) is 0 Å². The maximum atomic E-state index is 13.2. The number of Topliss-reactive ketones (excluding diaryl/α,β-unsaturated/α-hetero) is 1. The highest BCUT2D eigenvalue weighted by Gasteiger charge is 2.35. The Labute approximate surface area is 247 Å². The minimum absolute atomic E-state index is 0.0618. The SMILES string of the molecule is COc1cc(OC[C@@H](O)CN2C[C@H]3C[C@H](C2)c2cccc(=O)n2C3)cc2c1C(=O)O[C@H](C)CCCC(=O)CCCC=C2. The van der Waals surface area contributed by atoms with E-state index >= 15 is 0 Å². The van der Waals surface area contributed by atoms with Crippen molar-refractivity contribution in [3.8, 4) is 11.5 Å². The molecule has 1 saturated heterocycles. The first-order valence-electron chi connectivity index (χ1n) is 15.1. The summed E-state index contributed by atoms with van der Waals surface area (Å²) in [4.78, 5) is 39.9. The average Bonchev–Trinajstić information content (AvgIpc) is 2.95. The predicted octanol–water partition coefficient (Wildman–Crippen LogP) is 4.20. The number of esters is 1. The molecule has 0 spiro atoms. The number of cyclic esters (lactones) is 1. The number of aliphatic hydroxyl groups is 1. The first-order valence-corrected chi connectivity index (χ1v) is 15.1. The number of likely N-dealkylation sites (tertiary alicyclic amines) is 1. The second-order valence-electron chi connectivity index (χ2n) is 11.9. The molecule has 4 heterocycles. The smallest absolute Gasteiger partial charge is 0.342 e. The van der Waals surface area contributed by atoms with E-state index < -0.39 is 12.1 Å². The highest BCUT2D eigenvalue weighted by molar-refractivity contribution is 5.97. The molecule has 1 N–H and O–H groups in total. The monoisotopic (exact) mass is 578 g/mol. The number of rotatable bonds is 6. The van der Waals surface area contributed by atoms with E-state index in [0.717, 1.165) is 31.6 Å². The van der Waals surface area contributed by atoms with Gasteiger partial charge in [-0.05, 0) is 62.6 Å². The molecule has 0 unspecified atom stereocenters. The molecule has 42 heavy (non-hydrogen) atoms. The largest absolute Gasteiger partial charge is 0.496 e. The van der Waals surface area contributed by atoms with Crippen molar-refractivity contribution in [3.05, 3.63) is 63.6 Å². The third-order valence-electron chi connectivity index (χ3n) is 8.50. The maximum Gasteiger partial charge on any atom is 0.342 e. The van der Waals surface area contributed by atoms with E-state index in [9.17, 15) is 19.5 Å². The number of aliphatic hydroxyl groups excluding tert-OH is 1. The third-order valence-corrected chi connectivity index (χ3v) is 8.50. The molecule has 0 saturated carbocycles. The lowest BCUT2D eigenvalue weighted by atomic mass is 9.83. The van der Waals surface area contributed by atoms with Crippen LogP contribution in [-0.2, 0) is 16.1 Å². The summed E-state index contributed by atoms with van der Waals surface area (Å²) in [5.41, 5.74) is 2.09. The minimum atomic E-state index is -0.722. The molecule has 0 radical (unpaired) electrons. The number of carbonyl (C=O) groups excluding carboxylic acids is 2. The van der Waals surface area contributed by atoms with Crippen molar-refractivity contribution < 1.29 is 28.9 Å². The highest BCUT2D eigenvalue weighted by atomic mass is 16.5. The number of ketones is 1. The Bertz CT molecular complexity index is 1370. The van der Waals surface area contributed by atoms with Crippen LogP contribution in [0.5, 0.6) is 11.5 Å². The van der Waals surface area contributed by atoms with Gasteiger partial charge in [-0.15, -0.1) is 0 Å². The van der Waals surface area contributed by atoms with Crippen LogP contribution in [0, 0.1) is 5.92 Å². The van der Waals surface area contributed by atoms with E-state index in [1.165, 1.54) is 7.11 Å². The van der Waals surface area contributed by atoms with Gasteiger partial charge in [0, 0.05) is 62.8 Å². The number of carbonyl (C=O) groups is 2. The number of benzene rings is 1. The van der Waals surface area contributed by atoms with Gasteiger partial charge in [-0.1, -0.05) is 18.2 Å². The molecule has 0 amide bonds. The van der Waals surface area contributed by atoms with Crippen LogP contribution >= 0.6 is 0 Å². The first kappa shape index (κ1) is 30.0. The summed E-state index contributed by atoms with van der Waals surface area (Å²) in [6.07, 6.45) is 7.63. The molecule has 1 fully saturated rings. The lowest BCUT2D eigenvalue weighted by Gasteiger charge is -2.43. The predicted molar refractivity (Wildman–Crippen MR) is 159 cm³/mol. The van der Waals surface area contributed by atoms with E-state index in [1.807, 2.05) is 35.8 Å². The van der Waals surface area contributed by atoms with Gasteiger partial charge in [-0.2, -0.15) is 0 Å². The number of aromatic nitrogens is 1. The molecule has 2 bridgehead atoms. The van der Waals surface area contributed by atoms with Crippen molar-refractivity contribution in [1.29, 1.82) is 0 Å². The van der Waals surface area contributed by atoms with Crippen LogP contribution in [0.1, 0.15) is 79.4 Å². The van der Waals surface area contributed by atoms with E-state index in [1.54, 1.807) is 18.2 Å². The molecule has 1 aromatic heterocycles. The van der Waals surface area contributed by atoms with Crippen LogP contribution in [0.15, 0.2) is 41.2 Å². The molecule has 0 aliphatic carbocycles. The zero-order chi connectivity index (χ0) is 29.6. The number of allylic oxidation sites excluding steroid dienone is 1. The summed E-state index contributed by atoms with van der Waals surface area (Å²) in [5.74, 6) is 1.25. The second-order valence-corrected chi connectivity index (χ2v) is 11.9. The van der Waals surface area contributed by atoms with E-state index in [0.29, 0.717) is 73.7 Å². The fraction of sp³-hybridized carbons (Fsp3) is 0.545. The van der Waals surface area contributed by atoms with Crippen molar-refractivity contribution in [2.45, 2.75) is 76.5 Å². The van der Waals surface area contributed by atoms with E-state index in [4.69, 9.17) is 14.2 Å². The number of ether oxygens (including phenoxy) is 3. The number of methoxy groups -OCH3 is 1. The lowest BCUT2D eigenvalue weighted by molar-refractivity contribution is -0.119. The summed E-state index contributed by atoms with van der Waals surface area (Å²) in [6.45, 7) is 4.72. The Hall–Kier alpha value is -3.43. The van der Waals surface area contributed by atoms with Gasteiger partial charge in [-0.25, -0.2) is 4.79 Å². The molecule has 5 rings (SSSR count). The number of pyridine rings is 1. The summed E-state index contributed by atoms with van der Waals surface area (Å²) >= 11 is 0. The van der Waals surface area contributed by atoms with Gasteiger partial charge in [0.25, 0.3) is 5.56 Å².